The van der Waals surface area contributed by atoms with Gasteiger partial charge in [-0.15, -0.1) is 0 Å². The van der Waals surface area contributed by atoms with Gasteiger partial charge in [0.25, 0.3) is 11.3 Å². The summed E-state index contributed by atoms with van der Waals surface area (Å²) < 4.78 is 42.7. The first-order valence-electron chi connectivity index (χ1n) is 9.25. The van der Waals surface area contributed by atoms with Gasteiger partial charge >= 0.3 is 5.97 Å². The van der Waals surface area contributed by atoms with E-state index in [1.807, 2.05) is 0 Å². The summed E-state index contributed by atoms with van der Waals surface area (Å²) in [5, 5.41) is 18.9. The molecule has 0 atom stereocenters. The maximum absolute atomic E-state index is 14.1. The van der Waals surface area contributed by atoms with E-state index >= 15 is 0 Å². The minimum Gasteiger partial charge on any atom is -0.507 e. The lowest BCUT2D eigenvalue weighted by atomic mass is 10.0. The first kappa shape index (κ1) is 22.5. The number of benzene rings is 2. The molecule has 164 valence electrons. The van der Waals surface area contributed by atoms with Crippen LogP contribution >= 0.6 is 0 Å². The molecule has 0 aliphatic heterocycles. The van der Waals surface area contributed by atoms with E-state index in [1.165, 1.54) is 42.6 Å². The SMILES string of the molecule is O=C(O)C(=O)C=C(O)c1cc(Cc2ccccc2F)cn(Cc2cccc(F)c2F)c1=O. The minimum atomic E-state index is -1.85. The Morgan fingerprint density at radius 1 is 0.938 bits per heavy atom. The molecule has 0 spiro atoms. The molecule has 6 nitrogen and oxygen atoms in total. The number of hydrogen-bond acceptors (Lipinski definition) is 4. The molecule has 0 aliphatic carbocycles. The second kappa shape index (κ2) is 9.34. The molecule has 0 saturated heterocycles. The van der Waals surface area contributed by atoms with Gasteiger partial charge in [0.15, 0.2) is 11.6 Å². The van der Waals surface area contributed by atoms with Crippen LogP contribution in [0.15, 0.2) is 65.6 Å². The number of aliphatic hydroxyl groups excluding tert-OH is 1. The molecule has 9 heteroatoms. The second-order valence-corrected chi connectivity index (χ2v) is 6.88. The normalized spacial score (nSPS) is 11.4. The van der Waals surface area contributed by atoms with Gasteiger partial charge in [-0.1, -0.05) is 30.3 Å². The zero-order chi connectivity index (χ0) is 23.4. The highest BCUT2D eigenvalue weighted by molar-refractivity contribution is 6.38. The Morgan fingerprint density at radius 2 is 1.59 bits per heavy atom. The molecule has 1 aromatic heterocycles. The van der Waals surface area contributed by atoms with Crippen LogP contribution in [-0.4, -0.2) is 26.5 Å². The Labute approximate surface area is 179 Å². The minimum absolute atomic E-state index is 0.0360. The number of hydrogen-bond donors (Lipinski definition) is 2. The monoisotopic (exact) mass is 443 g/mol. The first-order valence-corrected chi connectivity index (χ1v) is 9.25. The summed E-state index contributed by atoms with van der Waals surface area (Å²) in [6.07, 6.45) is 1.61. The quantitative estimate of drug-likeness (QED) is 0.331. The van der Waals surface area contributed by atoms with E-state index < -0.39 is 52.6 Å². The van der Waals surface area contributed by atoms with Crippen LogP contribution in [0.1, 0.15) is 22.3 Å². The lowest BCUT2D eigenvalue weighted by Gasteiger charge is -2.13. The molecule has 2 N–H and O–H groups in total. The predicted octanol–water partition coefficient (Wildman–Crippen LogP) is 3.46. The number of halogens is 3. The van der Waals surface area contributed by atoms with Crippen molar-refractivity contribution in [2.45, 2.75) is 13.0 Å². The third kappa shape index (κ3) is 4.94. The van der Waals surface area contributed by atoms with Crippen LogP contribution in [-0.2, 0) is 22.6 Å². The third-order valence-electron chi connectivity index (χ3n) is 4.62. The molecule has 0 unspecified atom stereocenters. The largest absolute Gasteiger partial charge is 0.507 e. The number of carboxylic acids is 1. The molecule has 3 rings (SSSR count). The number of ketones is 1. The average Bonchev–Trinajstić information content (AvgIpc) is 2.74. The number of nitrogens with zero attached hydrogens (tertiary/aromatic N) is 1. The molecule has 0 fully saturated rings. The van der Waals surface area contributed by atoms with Crippen molar-refractivity contribution < 1.29 is 33.0 Å². The fraction of sp³-hybridized carbons (Fsp3) is 0.0870. The molecule has 0 aliphatic rings. The van der Waals surface area contributed by atoms with E-state index in [-0.39, 0.29) is 17.5 Å². The van der Waals surface area contributed by atoms with Crippen molar-refractivity contribution in [3.63, 3.8) is 0 Å². The summed E-state index contributed by atoms with van der Waals surface area (Å²) in [5.41, 5.74) is -0.954. The van der Waals surface area contributed by atoms with Crippen LogP contribution in [0.4, 0.5) is 13.2 Å². The average molecular weight is 443 g/mol. The van der Waals surface area contributed by atoms with Crippen LogP contribution in [0, 0.1) is 17.5 Å². The lowest BCUT2D eigenvalue weighted by molar-refractivity contribution is -0.146. The number of carbonyl (C=O) groups excluding carboxylic acids is 1. The van der Waals surface area contributed by atoms with Crippen molar-refractivity contribution in [1.82, 2.24) is 4.57 Å². The molecule has 0 amide bonds. The van der Waals surface area contributed by atoms with Gasteiger partial charge in [0.2, 0.25) is 0 Å². The fourth-order valence-corrected chi connectivity index (χ4v) is 3.07. The zero-order valence-corrected chi connectivity index (χ0v) is 16.4. The van der Waals surface area contributed by atoms with E-state index in [9.17, 15) is 32.7 Å². The van der Waals surface area contributed by atoms with Crippen molar-refractivity contribution in [1.29, 1.82) is 0 Å². The van der Waals surface area contributed by atoms with Crippen LogP contribution in [0.3, 0.4) is 0 Å². The zero-order valence-electron chi connectivity index (χ0n) is 16.4. The molecular formula is C23H16F3NO5. The van der Waals surface area contributed by atoms with Crippen molar-refractivity contribution in [2.75, 3.05) is 0 Å². The number of pyridine rings is 1. The summed E-state index contributed by atoms with van der Waals surface area (Å²) in [4.78, 5) is 35.0. The molecule has 0 bridgehead atoms. The van der Waals surface area contributed by atoms with Crippen molar-refractivity contribution in [3.8, 4) is 0 Å². The number of aromatic nitrogens is 1. The first-order chi connectivity index (χ1) is 15.2. The molecular weight excluding hydrogens is 427 g/mol. The van der Waals surface area contributed by atoms with E-state index in [2.05, 4.69) is 0 Å². The van der Waals surface area contributed by atoms with Crippen molar-refractivity contribution in [3.05, 3.63) is 111 Å². The summed E-state index contributed by atoms with van der Waals surface area (Å²) in [6, 6.07) is 10.4. The predicted molar refractivity (Wildman–Crippen MR) is 109 cm³/mol. The van der Waals surface area contributed by atoms with Crippen LogP contribution in [0.5, 0.6) is 0 Å². The van der Waals surface area contributed by atoms with Crippen LogP contribution in [0.25, 0.3) is 5.76 Å². The van der Waals surface area contributed by atoms with Gasteiger partial charge < -0.3 is 14.8 Å². The Kier molecular flexibility index (Phi) is 6.58. The van der Waals surface area contributed by atoms with E-state index in [0.29, 0.717) is 11.6 Å². The fourth-order valence-electron chi connectivity index (χ4n) is 3.07. The topological polar surface area (TPSA) is 96.6 Å². The summed E-state index contributed by atoms with van der Waals surface area (Å²) in [7, 11) is 0. The van der Waals surface area contributed by atoms with Gasteiger partial charge in [-0.2, -0.15) is 0 Å². The van der Waals surface area contributed by atoms with E-state index in [0.717, 1.165) is 10.6 Å². The summed E-state index contributed by atoms with van der Waals surface area (Å²) >= 11 is 0. The van der Waals surface area contributed by atoms with Crippen LogP contribution < -0.4 is 5.56 Å². The number of carboxylic acid groups (broad SMARTS) is 1. The maximum atomic E-state index is 14.1. The molecule has 0 saturated carbocycles. The van der Waals surface area contributed by atoms with E-state index in [4.69, 9.17) is 5.11 Å². The smallest absolute Gasteiger partial charge is 0.376 e. The third-order valence-corrected chi connectivity index (χ3v) is 4.62. The number of aliphatic carboxylic acids is 1. The maximum Gasteiger partial charge on any atom is 0.376 e. The number of carbonyl (C=O) groups is 2. The summed E-state index contributed by atoms with van der Waals surface area (Å²) in [6.45, 7) is -0.430. The molecule has 3 aromatic rings. The van der Waals surface area contributed by atoms with Gasteiger partial charge in [-0.3, -0.25) is 9.59 Å². The number of aliphatic hydroxyl groups is 1. The molecule has 0 radical (unpaired) electrons. The highest BCUT2D eigenvalue weighted by Gasteiger charge is 2.17. The molecule has 32 heavy (non-hydrogen) atoms. The van der Waals surface area contributed by atoms with Crippen molar-refractivity contribution in [2.24, 2.45) is 0 Å². The Balaban J connectivity index is 2.13. The molecule has 1 heterocycles. The Bertz CT molecular complexity index is 1300. The Morgan fingerprint density at radius 3 is 2.28 bits per heavy atom. The van der Waals surface area contributed by atoms with Gasteiger partial charge in [0.05, 0.1) is 12.1 Å². The van der Waals surface area contributed by atoms with Crippen molar-refractivity contribution >= 4 is 17.5 Å². The van der Waals surface area contributed by atoms with Gasteiger partial charge in [0, 0.05) is 24.3 Å². The second-order valence-electron chi connectivity index (χ2n) is 6.88. The highest BCUT2D eigenvalue weighted by atomic mass is 19.2. The standard InChI is InChI=1S/C23H16F3NO5/c24-17-6-2-1-4-14(17)8-13-9-16(19(28)10-20(29)23(31)32)22(30)27(11-13)12-15-5-3-7-18(25)21(15)26/h1-7,9-11,28H,8,12H2,(H,31,32). The van der Waals surface area contributed by atoms with Gasteiger partial charge in [-0.25, -0.2) is 18.0 Å². The van der Waals surface area contributed by atoms with Gasteiger partial charge in [-0.05, 0) is 29.3 Å². The number of rotatable bonds is 7. The molecule has 2 aromatic carbocycles. The van der Waals surface area contributed by atoms with E-state index in [1.54, 1.807) is 6.07 Å². The lowest BCUT2D eigenvalue weighted by Crippen LogP contribution is -2.25. The van der Waals surface area contributed by atoms with Crippen LogP contribution in [0.2, 0.25) is 0 Å². The van der Waals surface area contributed by atoms with Gasteiger partial charge in [0.1, 0.15) is 11.6 Å². The Hall–Kier alpha value is -4.14. The highest BCUT2D eigenvalue weighted by Crippen LogP contribution is 2.18. The summed E-state index contributed by atoms with van der Waals surface area (Å²) in [5.74, 6) is -7.05.